The third-order valence-electron chi connectivity index (χ3n) is 5.02. The molecule has 3 aliphatic rings. The quantitative estimate of drug-likeness (QED) is 0.805. The molecule has 3 heterocycles. The number of nitrogens with zero attached hydrogens (tertiary/aromatic N) is 1. The van der Waals surface area contributed by atoms with E-state index in [1.807, 2.05) is 0 Å². The van der Waals surface area contributed by atoms with Crippen LogP contribution in [0.15, 0.2) is 0 Å². The lowest BCUT2D eigenvalue weighted by Crippen LogP contribution is -2.56. The highest BCUT2D eigenvalue weighted by Gasteiger charge is 2.47. The average molecular weight is 254 g/mol. The van der Waals surface area contributed by atoms with Gasteiger partial charge in [0.05, 0.1) is 26.4 Å². The first-order valence-corrected chi connectivity index (χ1v) is 7.36. The van der Waals surface area contributed by atoms with E-state index in [9.17, 15) is 0 Å². The molecule has 0 aliphatic carbocycles. The number of morpholine rings is 1. The third kappa shape index (κ3) is 2.57. The Balaban J connectivity index is 1.59. The number of nitrogens with one attached hydrogen (secondary N) is 1. The first kappa shape index (κ1) is 12.9. The second-order valence-corrected chi connectivity index (χ2v) is 6.36. The average Bonchev–Trinajstić information content (AvgIpc) is 2.36. The van der Waals surface area contributed by atoms with E-state index >= 15 is 0 Å². The van der Waals surface area contributed by atoms with Crippen LogP contribution in [-0.4, -0.2) is 64.1 Å². The zero-order valence-corrected chi connectivity index (χ0v) is 11.5. The fourth-order valence-corrected chi connectivity index (χ4v) is 3.75. The van der Waals surface area contributed by atoms with E-state index in [-0.39, 0.29) is 0 Å². The maximum Gasteiger partial charge on any atom is 0.0620 e. The fraction of sp³-hybridized carbons (Fsp3) is 1.00. The minimum Gasteiger partial charge on any atom is -0.380 e. The standard InChI is InChI=1S/C14H26N2O2/c1-16-5-2-12(3-6-16)14(10-18-11-14)8-13-9-17-7-4-15-13/h12-13,15H,2-11H2,1H3. The highest BCUT2D eigenvalue weighted by atomic mass is 16.5. The van der Waals surface area contributed by atoms with Gasteiger partial charge in [0.25, 0.3) is 0 Å². The van der Waals surface area contributed by atoms with Crippen LogP contribution >= 0.6 is 0 Å². The predicted octanol–water partition coefficient (Wildman–Crippen LogP) is 0.723. The number of hydrogen-bond donors (Lipinski definition) is 1. The van der Waals surface area contributed by atoms with Gasteiger partial charge in [-0.2, -0.15) is 0 Å². The number of piperidine rings is 1. The van der Waals surface area contributed by atoms with Crippen molar-refractivity contribution >= 4 is 0 Å². The van der Waals surface area contributed by atoms with Crippen LogP contribution in [0.4, 0.5) is 0 Å². The topological polar surface area (TPSA) is 33.7 Å². The van der Waals surface area contributed by atoms with E-state index in [0.29, 0.717) is 11.5 Å². The molecule has 18 heavy (non-hydrogen) atoms. The Morgan fingerprint density at radius 3 is 2.56 bits per heavy atom. The molecule has 0 radical (unpaired) electrons. The SMILES string of the molecule is CN1CCC(C2(CC3COCCN3)COC2)CC1. The van der Waals surface area contributed by atoms with E-state index in [1.165, 1.54) is 32.4 Å². The summed E-state index contributed by atoms with van der Waals surface area (Å²) in [7, 11) is 2.23. The maximum absolute atomic E-state index is 5.59. The van der Waals surface area contributed by atoms with E-state index < -0.39 is 0 Å². The first-order chi connectivity index (χ1) is 8.78. The summed E-state index contributed by atoms with van der Waals surface area (Å²) in [4.78, 5) is 2.45. The van der Waals surface area contributed by atoms with E-state index in [2.05, 4.69) is 17.3 Å². The van der Waals surface area contributed by atoms with Crippen molar-refractivity contribution in [3.05, 3.63) is 0 Å². The zero-order chi connectivity index (χ0) is 12.4. The van der Waals surface area contributed by atoms with Crippen molar-refractivity contribution in [1.29, 1.82) is 0 Å². The number of rotatable bonds is 3. The van der Waals surface area contributed by atoms with Gasteiger partial charge in [0, 0.05) is 18.0 Å². The second kappa shape index (κ2) is 5.45. The third-order valence-corrected chi connectivity index (χ3v) is 5.02. The molecule has 3 aliphatic heterocycles. The molecule has 0 amide bonds. The lowest BCUT2D eigenvalue weighted by atomic mass is 9.66. The van der Waals surface area contributed by atoms with Crippen LogP contribution < -0.4 is 5.32 Å². The molecule has 3 fully saturated rings. The molecule has 0 aromatic rings. The van der Waals surface area contributed by atoms with Crippen LogP contribution in [-0.2, 0) is 9.47 Å². The summed E-state index contributed by atoms with van der Waals surface area (Å²) in [5, 5.41) is 3.60. The minimum absolute atomic E-state index is 0.444. The Morgan fingerprint density at radius 2 is 2.00 bits per heavy atom. The van der Waals surface area contributed by atoms with Gasteiger partial charge < -0.3 is 19.7 Å². The van der Waals surface area contributed by atoms with Crippen LogP contribution in [0, 0.1) is 11.3 Å². The lowest BCUT2D eigenvalue weighted by molar-refractivity contribution is -0.166. The van der Waals surface area contributed by atoms with Crippen molar-refractivity contribution in [2.24, 2.45) is 11.3 Å². The smallest absolute Gasteiger partial charge is 0.0620 e. The summed E-state index contributed by atoms with van der Waals surface area (Å²) in [5.74, 6) is 0.853. The molecule has 3 rings (SSSR count). The molecule has 0 spiro atoms. The molecule has 104 valence electrons. The molecule has 0 bridgehead atoms. The van der Waals surface area contributed by atoms with Crippen molar-refractivity contribution in [3.63, 3.8) is 0 Å². The number of ether oxygens (including phenoxy) is 2. The molecule has 0 aromatic heterocycles. The Kier molecular flexibility index (Phi) is 3.89. The number of likely N-dealkylation sites (tertiary alicyclic amines) is 1. The zero-order valence-electron chi connectivity index (χ0n) is 11.5. The van der Waals surface area contributed by atoms with Crippen molar-refractivity contribution < 1.29 is 9.47 Å². The van der Waals surface area contributed by atoms with Crippen molar-refractivity contribution in [1.82, 2.24) is 10.2 Å². The van der Waals surface area contributed by atoms with E-state index in [0.717, 1.165) is 38.9 Å². The van der Waals surface area contributed by atoms with Gasteiger partial charge >= 0.3 is 0 Å². The molecule has 1 N–H and O–H groups in total. The van der Waals surface area contributed by atoms with Crippen molar-refractivity contribution in [2.75, 3.05) is 53.1 Å². The summed E-state index contributed by atoms with van der Waals surface area (Å²) in [6.45, 7) is 7.21. The number of hydrogen-bond acceptors (Lipinski definition) is 4. The summed E-state index contributed by atoms with van der Waals surface area (Å²) in [6.07, 6.45) is 3.92. The Bertz CT molecular complexity index is 267. The molecular formula is C14H26N2O2. The van der Waals surface area contributed by atoms with Crippen LogP contribution in [0.2, 0.25) is 0 Å². The molecule has 0 saturated carbocycles. The molecule has 4 heteroatoms. The van der Waals surface area contributed by atoms with E-state index in [1.54, 1.807) is 0 Å². The van der Waals surface area contributed by atoms with Gasteiger partial charge in [-0.05, 0) is 45.3 Å². The second-order valence-electron chi connectivity index (χ2n) is 6.36. The van der Waals surface area contributed by atoms with Crippen LogP contribution in [0.25, 0.3) is 0 Å². The van der Waals surface area contributed by atoms with Crippen molar-refractivity contribution in [3.8, 4) is 0 Å². The lowest BCUT2D eigenvalue weighted by Gasteiger charge is -2.51. The summed E-state index contributed by atoms with van der Waals surface area (Å²) in [6, 6.07) is 0.544. The largest absolute Gasteiger partial charge is 0.380 e. The van der Waals surface area contributed by atoms with E-state index in [4.69, 9.17) is 9.47 Å². The van der Waals surface area contributed by atoms with Crippen LogP contribution in [0.5, 0.6) is 0 Å². The highest BCUT2D eigenvalue weighted by molar-refractivity contribution is 4.97. The van der Waals surface area contributed by atoms with Crippen LogP contribution in [0.1, 0.15) is 19.3 Å². The molecule has 3 saturated heterocycles. The summed E-state index contributed by atoms with van der Waals surface area (Å²) < 4.78 is 11.2. The van der Waals surface area contributed by atoms with Crippen molar-refractivity contribution in [2.45, 2.75) is 25.3 Å². The maximum atomic E-state index is 5.59. The molecule has 1 unspecified atom stereocenters. The fourth-order valence-electron chi connectivity index (χ4n) is 3.75. The summed E-state index contributed by atoms with van der Waals surface area (Å²) >= 11 is 0. The van der Waals surface area contributed by atoms with Gasteiger partial charge in [-0.1, -0.05) is 0 Å². The molecule has 4 nitrogen and oxygen atoms in total. The Morgan fingerprint density at radius 1 is 1.22 bits per heavy atom. The normalized spacial score (nSPS) is 34.2. The first-order valence-electron chi connectivity index (χ1n) is 7.36. The Labute approximate surface area is 110 Å². The highest BCUT2D eigenvalue weighted by Crippen LogP contribution is 2.45. The minimum atomic E-state index is 0.444. The molecule has 0 aromatic carbocycles. The van der Waals surface area contributed by atoms with Gasteiger partial charge in [-0.25, -0.2) is 0 Å². The molecular weight excluding hydrogens is 228 g/mol. The summed E-state index contributed by atoms with van der Waals surface area (Å²) in [5.41, 5.74) is 0.444. The molecule has 1 atom stereocenters. The van der Waals surface area contributed by atoms with Crippen LogP contribution in [0.3, 0.4) is 0 Å². The van der Waals surface area contributed by atoms with Gasteiger partial charge in [0.1, 0.15) is 0 Å². The van der Waals surface area contributed by atoms with Gasteiger partial charge in [0.2, 0.25) is 0 Å². The van der Waals surface area contributed by atoms with Gasteiger partial charge in [-0.3, -0.25) is 0 Å². The Hall–Kier alpha value is -0.160. The monoisotopic (exact) mass is 254 g/mol. The predicted molar refractivity (Wildman–Crippen MR) is 70.7 cm³/mol. The van der Waals surface area contributed by atoms with Gasteiger partial charge in [-0.15, -0.1) is 0 Å². The van der Waals surface area contributed by atoms with Gasteiger partial charge in [0.15, 0.2) is 0 Å².